The van der Waals surface area contributed by atoms with Gasteiger partial charge in [0.2, 0.25) is 5.91 Å². The minimum Gasteiger partial charge on any atom is -0.325 e. The third-order valence-electron chi connectivity index (χ3n) is 4.99. The number of amides is 1. The van der Waals surface area contributed by atoms with E-state index in [2.05, 4.69) is 29.6 Å². The van der Waals surface area contributed by atoms with Gasteiger partial charge in [-0.25, -0.2) is 0 Å². The molecular formula is C20H23Cl2NO. The van der Waals surface area contributed by atoms with E-state index in [1.807, 2.05) is 0 Å². The number of anilines is 1. The van der Waals surface area contributed by atoms with Gasteiger partial charge in [0.15, 0.2) is 0 Å². The molecule has 0 heterocycles. The average Bonchev–Trinajstić information content (AvgIpc) is 3.22. The lowest BCUT2D eigenvalue weighted by Crippen LogP contribution is -2.16. The molecule has 4 heteroatoms. The standard InChI is InChI=1S/C20H23Cl2NO/c21-14-11-12-18(17(22)13-14)23-20(24)19-15-9-7-5-3-1-2-4-6-8-10-16(15)19/h3-6,11-13,15-16,19H,1-2,7-10H2,(H,23,24)/b5-3+,6-4?. The third kappa shape index (κ3) is 4.43. The maximum Gasteiger partial charge on any atom is 0.228 e. The van der Waals surface area contributed by atoms with Crippen LogP contribution in [0.5, 0.6) is 0 Å². The number of fused-ring (bicyclic) bond motifs is 1. The summed E-state index contributed by atoms with van der Waals surface area (Å²) in [6.07, 6.45) is 15.6. The van der Waals surface area contributed by atoms with Crippen LogP contribution in [0.15, 0.2) is 42.5 Å². The lowest BCUT2D eigenvalue weighted by molar-refractivity contribution is -0.117. The second kappa shape index (κ2) is 8.22. The minimum atomic E-state index is 0.0945. The maximum absolute atomic E-state index is 12.7. The van der Waals surface area contributed by atoms with E-state index in [0.717, 1.165) is 38.5 Å². The predicted octanol–water partition coefficient (Wildman–Crippen LogP) is 6.26. The summed E-state index contributed by atoms with van der Waals surface area (Å²) in [5.74, 6) is 1.19. The SMILES string of the molecule is O=C(Nc1ccc(Cl)cc1Cl)C1C2CCC=CCC/C=C/CCC21. The quantitative estimate of drug-likeness (QED) is 0.617. The zero-order valence-corrected chi connectivity index (χ0v) is 15.2. The van der Waals surface area contributed by atoms with Crippen molar-refractivity contribution in [1.29, 1.82) is 0 Å². The van der Waals surface area contributed by atoms with Gasteiger partial charge in [0.1, 0.15) is 0 Å². The number of hydrogen-bond donors (Lipinski definition) is 1. The molecule has 2 aliphatic carbocycles. The molecule has 1 fully saturated rings. The van der Waals surface area contributed by atoms with Crippen molar-refractivity contribution in [3.8, 4) is 0 Å². The topological polar surface area (TPSA) is 29.1 Å². The van der Waals surface area contributed by atoms with Crippen LogP contribution in [-0.4, -0.2) is 5.91 Å². The summed E-state index contributed by atoms with van der Waals surface area (Å²) in [4.78, 5) is 12.7. The smallest absolute Gasteiger partial charge is 0.228 e. The fraction of sp³-hybridized carbons (Fsp3) is 0.450. The maximum atomic E-state index is 12.7. The summed E-state index contributed by atoms with van der Waals surface area (Å²) in [7, 11) is 0. The molecule has 1 amide bonds. The molecular weight excluding hydrogens is 341 g/mol. The van der Waals surface area contributed by atoms with Crippen molar-refractivity contribution in [3.63, 3.8) is 0 Å². The third-order valence-corrected chi connectivity index (χ3v) is 5.54. The highest BCUT2D eigenvalue weighted by atomic mass is 35.5. The Morgan fingerprint density at radius 1 is 0.917 bits per heavy atom. The second-order valence-corrected chi connectivity index (χ2v) is 7.49. The zero-order valence-electron chi connectivity index (χ0n) is 13.7. The largest absolute Gasteiger partial charge is 0.325 e. The Labute approximate surface area is 153 Å². The van der Waals surface area contributed by atoms with Crippen LogP contribution >= 0.6 is 23.2 Å². The van der Waals surface area contributed by atoms with E-state index in [9.17, 15) is 4.79 Å². The summed E-state index contributed by atoms with van der Waals surface area (Å²) in [6, 6.07) is 5.17. The van der Waals surface area contributed by atoms with E-state index in [0.29, 0.717) is 27.6 Å². The Hall–Kier alpha value is -1.25. The number of benzene rings is 1. The molecule has 0 aromatic heterocycles. The Morgan fingerprint density at radius 3 is 2.08 bits per heavy atom. The molecule has 0 radical (unpaired) electrons. The Morgan fingerprint density at radius 2 is 1.50 bits per heavy atom. The molecule has 2 aliphatic rings. The molecule has 0 aliphatic heterocycles. The molecule has 24 heavy (non-hydrogen) atoms. The average molecular weight is 364 g/mol. The first-order valence-corrected chi connectivity index (χ1v) is 9.48. The number of halogens is 2. The van der Waals surface area contributed by atoms with Crippen LogP contribution in [0, 0.1) is 17.8 Å². The van der Waals surface area contributed by atoms with Crippen molar-refractivity contribution in [2.45, 2.75) is 38.5 Å². The first kappa shape index (κ1) is 17.6. The molecule has 1 saturated carbocycles. The van der Waals surface area contributed by atoms with Gasteiger partial charge in [-0.2, -0.15) is 0 Å². The van der Waals surface area contributed by atoms with Crippen molar-refractivity contribution in [2.24, 2.45) is 17.8 Å². The second-order valence-electron chi connectivity index (χ2n) is 6.64. The zero-order chi connectivity index (χ0) is 16.9. The molecule has 3 atom stereocenters. The van der Waals surface area contributed by atoms with Crippen molar-refractivity contribution in [2.75, 3.05) is 5.32 Å². The monoisotopic (exact) mass is 363 g/mol. The molecule has 2 nitrogen and oxygen atoms in total. The molecule has 1 aromatic rings. The van der Waals surface area contributed by atoms with Crippen LogP contribution < -0.4 is 5.32 Å². The lowest BCUT2D eigenvalue weighted by atomic mass is 10.1. The van der Waals surface area contributed by atoms with E-state index >= 15 is 0 Å². The highest BCUT2D eigenvalue weighted by Gasteiger charge is 2.52. The minimum absolute atomic E-state index is 0.0945. The van der Waals surface area contributed by atoms with Gasteiger partial charge in [0.25, 0.3) is 0 Å². The van der Waals surface area contributed by atoms with Crippen LogP contribution in [0.2, 0.25) is 10.0 Å². The number of carbonyl (C=O) groups excluding carboxylic acids is 1. The van der Waals surface area contributed by atoms with Gasteiger partial charge >= 0.3 is 0 Å². The molecule has 0 bridgehead atoms. The van der Waals surface area contributed by atoms with Crippen LogP contribution in [0.25, 0.3) is 0 Å². The first-order valence-electron chi connectivity index (χ1n) is 8.72. The number of rotatable bonds is 2. The fourth-order valence-corrected chi connectivity index (χ4v) is 4.12. The van der Waals surface area contributed by atoms with Gasteiger partial charge in [-0.15, -0.1) is 0 Å². The summed E-state index contributed by atoms with van der Waals surface area (Å²) in [5, 5.41) is 4.05. The van der Waals surface area contributed by atoms with Crippen LogP contribution in [0.3, 0.4) is 0 Å². The van der Waals surface area contributed by atoms with Crippen molar-refractivity contribution in [3.05, 3.63) is 52.5 Å². The lowest BCUT2D eigenvalue weighted by Gasteiger charge is -2.07. The van der Waals surface area contributed by atoms with Crippen LogP contribution in [-0.2, 0) is 4.79 Å². The normalized spacial score (nSPS) is 28.2. The van der Waals surface area contributed by atoms with Gasteiger partial charge in [-0.1, -0.05) is 47.5 Å². The van der Waals surface area contributed by atoms with Crippen molar-refractivity contribution < 1.29 is 4.79 Å². The van der Waals surface area contributed by atoms with Crippen molar-refractivity contribution in [1.82, 2.24) is 0 Å². The van der Waals surface area contributed by atoms with E-state index in [4.69, 9.17) is 23.2 Å². The number of allylic oxidation sites excluding steroid dienone is 4. The van der Waals surface area contributed by atoms with E-state index in [1.165, 1.54) is 0 Å². The fourth-order valence-electron chi connectivity index (χ4n) is 3.67. The number of hydrogen-bond acceptors (Lipinski definition) is 1. The summed E-state index contributed by atoms with van der Waals surface area (Å²) in [5.41, 5.74) is 0.646. The van der Waals surface area contributed by atoms with Gasteiger partial charge < -0.3 is 5.32 Å². The van der Waals surface area contributed by atoms with Crippen LogP contribution in [0.1, 0.15) is 38.5 Å². The predicted molar refractivity (Wildman–Crippen MR) is 102 cm³/mol. The van der Waals surface area contributed by atoms with E-state index < -0.39 is 0 Å². The number of nitrogens with one attached hydrogen (secondary N) is 1. The summed E-state index contributed by atoms with van der Waals surface area (Å²) >= 11 is 12.1. The number of carbonyl (C=O) groups is 1. The molecule has 3 rings (SSSR count). The van der Waals surface area contributed by atoms with Gasteiger partial charge in [0.05, 0.1) is 10.7 Å². The van der Waals surface area contributed by atoms with Gasteiger partial charge in [0, 0.05) is 10.9 Å². The Balaban J connectivity index is 1.64. The first-order chi connectivity index (χ1) is 11.7. The highest BCUT2D eigenvalue weighted by Crippen LogP contribution is 2.52. The summed E-state index contributed by atoms with van der Waals surface area (Å²) in [6.45, 7) is 0. The molecule has 0 spiro atoms. The highest BCUT2D eigenvalue weighted by molar-refractivity contribution is 6.36. The summed E-state index contributed by atoms with van der Waals surface area (Å²) < 4.78 is 0. The Bertz CT molecular complexity index is 629. The van der Waals surface area contributed by atoms with Gasteiger partial charge in [-0.3, -0.25) is 4.79 Å². The Kier molecular flexibility index (Phi) is 6.02. The van der Waals surface area contributed by atoms with Gasteiger partial charge in [-0.05, 0) is 68.6 Å². The molecule has 128 valence electrons. The molecule has 1 aromatic carbocycles. The van der Waals surface area contributed by atoms with E-state index in [-0.39, 0.29) is 11.8 Å². The molecule has 0 saturated heterocycles. The van der Waals surface area contributed by atoms with Crippen LogP contribution in [0.4, 0.5) is 5.69 Å². The van der Waals surface area contributed by atoms with E-state index in [1.54, 1.807) is 18.2 Å². The molecule has 1 N–H and O–H groups in total. The van der Waals surface area contributed by atoms with Crippen molar-refractivity contribution >= 4 is 34.8 Å². The molecule has 3 unspecified atom stereocenters.